The van der Waals surface area contributed by atoms with E-state index < -0.39 is 0 Å². The summed E-state index contributed by atoms with van der Waals surface area (Å²) in [5.74, 6) is -0.343. The van der Waals surface area contributed by atoms with Crippen molar-refractivity contribution in [2.45, 2.75) is 13.3 Å². The van der Waals surface area contributed by atoms with Gasteiger partial charge >= 0.3 is 0 Å². The summed E-state index contributed by atoms with van der Waals surface area (Å²) in [4.78, 5) is 23.1. The van der Waals surface area contributed by atoms with Crippen LogP contribution in [0, 0.1) is 6.92 Å². The van der Waals surface area contributed by atoms with Gasteiger partial charge in [-0.1, -0.05) is 28.1 Å². The average Bonchev–Trinajstić information content (AvgIpc) is 2.71. The summed E-state index contributed by atoms with van der Waals surface area (Å²) in [6.45, 7) is 1.73. The van der Waals surface area contributed by atoms with E-state index in [4.69, 9.17) is 0 Å². The van der Waals surface area contributed by atoms with Crippen molar-refractivity contribution >= 4 is 28.1 Å². The first kappa shape index (κ1) is 14.3. The third kappa shape index (κ3) is 3.67. The van der Waals surface area contributed by atoms with Crippen LogP contribution >= 0.6 is 15.9 Å². The lowest BCUT2D eigenvalue weighted by Crippen LogP contribution is -2.23. The number of aromatic nitrogens is 2. The number of amides is 1. The second kappa shape index (κ2) is 6.33. The highest BCUT2D eigenvalue weighted by Crippen LogP contribution is 2.09. The van der Waals surface area contributed by atoms with Crippen molar-refractivity contribution in [2.75, 3.05) is 0 Å². The Morgan fingerprint density at radius 2 is 2.25 bits per heavy atom. The van der Waals surface area contributed by atoms with Crippen molar-refractivity contribution in [2.24, 2.45) is 5.10 Å². The highest BCUT2D eigenvalue weighted by molar-refractivity contribution is 9.10. The molecule has 104 valence electrons. The maximum atomic E-state index is 11.7. The van der Waals surface area contributed by atoms with E-state index in [1.165, 1.54) is 6.21 Å². The van der Waals surface area contributed by atoms with Crippen LogP contribution in [0.5, 0.6) is 0 Å². The molecule has 6 nitrogen and oxygen atoms in total. The average molecular weight is 337 g/mol. The number of nitrogens with one attached hydrogen (secondary N) is 3. The smallest absolute Gasteiger partial charge is 0.267 e. The quantitative estimate of drug-likeness (QED) is 0.582. The van der Waals surface area contributed by atoms with Crippen molar-refractivity contribution in [3.05, 3.63) is 55.9 Å². The van der Waals surface area contributed by atoms with E-state index in [2.05, 4.69) is 36.7 Å². The van der Waals surface area contributed by atoms with Gasteiger partial charge in [0.05, 0.1) is 12.6 Å². The Hall–Kier alpha value is -2.15. The van der Waals surface area contributed by atoms with Gasteiger partial charge in [-0.05, 0) is 24.6 Å². The van der Waals surface area contributed by atoms with E-state index in [1.54, 1.807) is 6.92 Å². The summed E-state index contributed by atoms with van der Waals surface area (Å²) in [5.41, 5.74) is 4.04. The molecular weight excluding hydrogens is 324 g/mol. The number of aromatic amines is 2. The number of carbonyl (C=O) groups excluding carboxylic acids is 1. The van der Waals surface area contributed by atoms with Gasteiger partial charge in [-0.15, -0.1) is 0 Å². The molecule has 0 aliphatic rings. The second-order valence-electron chi connectivity index (χ2n) is 4.21. The molecule has 0 spiro atoms. The number of rotatable bonds is 4. The van der Waals surface area contributed by atoms with Gasteiger partial charge < -0.3 is 5.10 Å². The molecule has 0 unspecified atom stereocenters. The maximum Gasteiger partial charge on any atom is 0.267 e. The van der Waals surface area contributed by atoms with E-state index >= 15 is 0 Å². The van der Waals surface area contributed by atoms with Crippen molar-refractivity contribution in [3.63, 3.8) is 0 Å². The Morgan fingerprint density at radius 3 is 2.90 bits per heavy atom. The molecule has 1 aromatic carbocycles. The Balaban J connectivity index is 1.94. The van der Waals surface area contributed by atoms with Crippen LogP contribution in [-0.2, 0) is 11.2 Å². The molecule has 0 bridgehead atoms. The van der Waals surface area contributed by atoms with E-state index in [0.717, 1.165) is 10.0 Å². The summed E-state index contributed by atoms with van der Waals surface area (Å²) < 4.78 is 0.933. The fourth-order valence-corrected chi connectivity index (χ4v) is 2.07. The number of H-pyrrole nitrogens is 2. The Morgan fingerprint density at radius 1 is 1.45 bits per heavy atom. The molecule has 20 heavy (non-hydrogen) atoms. The molecule has 1 heterocycles. The van der Waals surface area contributed by atoms with Gasteiger partial charge in [-0.25, -0.2) is 5.43 Å². The molecule has 2 rings (SSSR count). The number of aryl methyl sites for hydroxylation is 1. The standard InChI is InChI=1S/C13H13BrN4O2/c1-8-11(13(20)18-16-8)6-12(19)17-15-7-9-3-2-4-10(14)5-9/h2-5,7H,6H2,1H3,(H,17,19)(H2,16,18,20). The van der Waals surface area contributed by atoms with Gasteiger partial charge in [0, 0.05) is 15.7 Å². The molecule has 0 aliphatic heterocycles. The topological polar surface area (TPSA) is 90.1 Å². The van der Waals surface area contributed by atoms with E-state index in [-0.39, 0.29) is 17.9 Å². The fourth-order valence-electron chi connectivity index (χ4n) is 1.65. The van der Waals surface area contributed by atoms with Crippen LogP contribution in [0.2, 0.25) is 0 Å². The number of hydrogen-bond donors (Lipinski definition) is 3. The van der Waals surface area contributed by atoms with Crippen LogP contribution in [0.25, 0.3) is 0 Å². The lowest BCUT2D eigenvalue weighted by atomic mass is 10.2. The zero-order valence-electron chi connectivity index (χ0n) is 10.7. The predicted octanol–water partition coefficient (Wildman–Crippen LogP) is 1.47. The molecule has 1 amide bonds. The van der Waals surface area contributed by atoms with Gasteiger partial charge in [0.1, 0.15) is 0 Å². The first-order valence-electron chi connectivity index (χ1n) is 5.90. The van der Waals surface area contributed by atoms with Crippen molar-refractivity contribution in [1.82, 2.24) is 15.6 Å². The van der Waals surface area contributed by atoms with Crippen LogP contribution in [0.15, 0.2) is 38.6 Å². The number of carbonyl (C=O) groups is 1. The third-order valence-corrected chi connectivity index (χ3v) is 3.17. The fraction of sp³-hybridized carbons (Fsp3) is 0.154. The summed E-state index contributed by atoms with van der Waals surface area (Å²) in [6.07, 6.45) is 1.53. The molecule has 0 saturated carbocycles. The molecule has 7 heteroatoms. The predicted molar refractivity (Wildman–Crippen MR) is 79.7 cm³/mol. The summed E-state index contributed by atoms with van der Waals surface area (Å²) in [5, 5.41) is 8.95. The molecule has 0 fully saturated rings. The van der Waals surface area contributed by atoms with Crippen LogP contribution in [0.4, 0.5) is 0 Å². The van der Waals surface area contributed by atoms with Crippen LogP contribution < -0.4 is 11.0 Å². The molecule has 1 aromatic heterocycles. The minimum absolute atomic E-state index is 0.0134. The van der Waals surface area contributed by atoms with Crippen LogP contribution in [-0.4, -0.2) is 22.3 Å². The van der Waals surface area contributed by atoms with Crippen LogP contribution in [0.1, 0.15) is 16.8 Å². The van der Waals surface area contributed by atoms with Crippen molar-refractivity contribution < 1.29 is 4.79 Å². The van der Waals surface area contributed by atoms with Gasteiger partial charge in [-0.3, -0.25) is 14.7 Å². The SMILES string of the molecule is Cc1[nH][nH]c(=O)c1CC(=O)NN=Cc1cccc(Br)c1. The molecule has 0 radical (unpaired) electrons. The molecule has 0 saturated heterocycles. The Labute approximate surface area is 123 Å². The minimum Gasteiger partial charge on any atom is -0.302 e. The maximum absolute atomic E-state index is 11.7. The van der Waals surface area contributed by atoms with Gasteiger partial charge in [0.2, 0.25) is 5.91 Å². The second-order valence-corrected chi connectivity index (χ2v) is 5.12. The van der Waals surface area contributed by atoms with Crippen molar-refractivity contribution in [1.29, 1.82) is 0 Å². The number of hydrogen-bond acceptors (Lipinski definition) is 3. The van der Waals surface area contributed by atoms with Crippen molar-refractivity contribution in [3.8, 4) is 0 Å². The number of benzene rings is 1. The molecule has 2 aromatic rings. The molecule has 3 N–H and O–H groups in total. The van der Waals surface area contributed by atoms with Crippen LogP contribution in [0.3, 0.4) is 0 Å². The summed E-state index contributed by atoms with van der Waals surface area (Å²) >= 11 is 3.35. The van der Waals surface area contributed by atoms with E-state index in [9.17, 15) is 9.59 Å². The Kier molecular flexibility index (Phi) is 4.52. The molecular formula is C13H13BrN4O2. The zero-order valence-corrected chi connectivity index (χ0v) is 12.3. The lowest BCUT2D eigenvalue weighted by molar-refractivity contribution is -0.120. The minimum atomic E-state index is -0.343. The monoisotopic (exact) mass is 336 g/mol. The largest absolute Gasteiger partial charge is 0.302 e. The van der Waals surface area contributed by atoms with Gasteiger partial charge in [0.25, 0.3) is 5.56 Å². The molecule has 0 aliphatic carbocycles. The highest BCUT2D eigenvalue weighted by Gasteiger charge is 2.10. The zero-order chi connectivity index (χ0) is 14.5. The van der Waals surface area contributed by atoms with Gasteiger partial charge in [-0.2, -0.15) is 5.10 Å². The third-order valence-electron chi connectivity index (χ3n) is 2.68. The number of hydrazone groups is 1. The van der Waals surface area contributed by atoms with Gasteiger partial charge in [0.15, 0.2) is 0 Å². The first-order valence-corrected chi connectivity index (χ1v) is 6.69. The highest BCUT2D eigenvalue weighted by atomic mass is 79.9. The van der Waals surface area contributed by atoms with E-state index in [0.29, 0.717) is 11.3 Å². The lowest BCUT2D eigenvalue weighted by Gasteiger charge is -1.98. The number of nitrogens with zero attached hydrogens (tertiary/aromatic N) is 1. The first-order chi connectivity index (χ1) is 9.56. The normalized spacial score (nSPS) is 10.9. The summed E-state index contributed by atoms with van der Waals surface area (Å²) in [7, 11) is 0. The van der Waals surface area contributed by atoms with E-state index in [1.807, 2.05) is 24.3 Å². The Bertz CT molecular complexity index is 702. The summed E-state index contributed by atoms with van der Waals surface area (Å²) in [6, 6.07) is 7.50. The molecule has 0 atom stereocenters. The number of halogens is 1.